The fourth-order valence-electron chi connectivity index (χ4n) is 2.70. The molecule has 0 aromatic carbocycles. The highest BCUT2D eigenvalue weighted by Gasteiger charge is 2.54. The Labute approximate surface area is 101 Å². The second kappa shape index (κ2) is 3.89. The van der Waals surface area contributed by atoms with Crippen molar-refractivity contribution < 1.29 is 10.0 Å². The highest BCUT2D eigenvalue weighted by Crippen LogP contribution is 2.47. The summed E-state index contributed by atoms with van der Waals surface area (Å²) in [5.74, 6) is -0.0252. The summed E-state index contributed by atoms with van der Waals surface area (Å²) < 4.78 is 0. The molecule has 0 aromatic heterocycles. The number of amides is 1. The number of carbonyl (C=O) groups excluding carboxylic acids is 1. The molecule has 0 saturated heterocycles. The maximum absolute atomic E-state index is 12.1. The van der Waals surface area contributed by atoms with Crippen LogP contribution in [0, 0.1) is 10.8 Å². The second-order valence-electron chi connectivity index (χ2n) is 6.14. The number of nitrogens with two attached hydrogens (primary N) is 1. The molecular weight excluding hydrogens is 218 g/mol. The number of carbonyl (C=O) groups is 1. The van der Waals surface area contributed by atoms with Crippen LogP contribution in [0.3, 0.4) is 0 Å². The topological polar surface area (TPSA) is 87.7 Å². The van der Waals surface area contributed by atoms with Crippen LogP contribution in [-0.4, -0.2) is 23.0 Å². The zero-order chi connectivity index (χ0) is 12.7. The van der Waals surface area contributed by atoms with E-state index in [1.807, 2.05) is 0 Å². The number of hydrogen-bond donors (Lipinski definition) is 3. The van der Waals surface area contributed by atoms with Crippen LogP contribution in [-0.2, 0) is 4.79 Å². The predicted molar refractivity (Wildman–Crippen MR) is 64.6 cm³/mol. The van der Waals surface area contributed by atoms with Crippen LogP contribution in [0.2, 0.25) is 0 Å². The van der Waals surface area contributed by atoms with Gasteiger partial charge in [-0.2, -0.15) is 0 Å². The van der Waals surface area contributed by atoms with Crippen molar-refractivity contribution >= 4 is 11.7 Å². The number of hydrogen-bond acceptors (Lipinski definition) is 3. The largest absolute Gasteiger partial charge is 0.409 e. The fourth-order valence-corrected chi connectivity index (χ4v) is 2.70. The minimum Gasteiger partial charge on any atom is -0.409 e. The van der Waals surface area contributed by atoms with Gasteiger partial charge in [0.2, 0.25) is 5.91 Å². The van der Waals surface area contributed by atoms with Crippen LogP contribution in [0.4, 0.5) is 0 Å². The van der Waals surface area contributed by atoms with Crippen molar-refractivity contribution in [2.24, 2.45) is 21.7 Å². The average Bonchev–Trinajstić information content (AvgIpc) is 3.00. The summed E-state index contributed by atoms with van der Waals surface area (Å²) in [6.45, 7) is 4.44. The van der Waals surface area contributed by atoms with Gasteiger partial charge in [0.25, 0.3) is 0 Å². The molecule has 1 atom stereocenters. The third-order valence-electron chi connectivity index (χ3n) is 4.09. The average molecular weight is 239 g/mol. The lowest BCUT2D eigenvalue weighted by Gasteiger charge is -2.20. The Balaban J connectivity index is 1.95. The summed E-state index contributed by atoms with van der Waals surface area (Å²) in [5.41, 5.74) is 5.17. The first-order valence-corrected chi connectivity index (χ1v) is 6.19. The number of rotatable bonds is 3. The van der Waals surface area contributed by atoms with Crippen molar-refractivity contribution in [3.63, 3.8) is 0 Å². The SMILES string of the molecule is CC1(C)CCC(NC(=O)C2(C(N)=NO)CC2)C1. The van der Waals surface area contributed by atoms with Gasteiger partial charge in [-0.25, -0.2) is 0 Å². The lowest BCUT2D eigenvalue weighted by atomic mass is 9.91. The van der Waals surface area contributed by atoms with Crippen LogP contribution >= 0.6 is 0 Å². The third-order valence-corrected chi connectivity index (χ3v) is 4.09. The molecule has 2 aliphatic carbocycles. The molecule has 96 valence electrons. The fraction of sp³-hybridized carbons (Fsp3) is 0.833. The van der Waals surface area contributed by atoms with E-state index in [1.54, 1.807) is 0 Å². The van der Waals surface area contributed by atoms with Crippen LogP contribution in [0.25, 0.3) is 0 Å². The first kappa shape index (κ1) is 12.2. The van der Waals surface area contributed by atoms with E-state index in [2.05, 4.69) is 24.3 Å². The van der Waals surface area contributed by atoms with Crippen molar-refractivity contribution in [1.29, 1.82) is 0 Å². The van der Waals surface area contributed by atoms with E-state index in [1.165, 1.54) is 0 Å². The van der Waals surface area contributed by atoms with Gasteiger partial charge in [0.05, 0.1) is 0 Å². The molecule has 0 heterocycles. The van der Waals surface area contributed by atoms with Crippen molar-refractivity contribution in [3.8, 4) is 0 Å². The van der Waals surface area contributed by atoms with Gasteiger partial charge in [-0.05, 0) is 37.5 Å². The smallest absolute Gasteiger partial charge is 0.234 e. The van der Waals surface area contributed by atoms with E-state index in [4.69, 9.17) is 10.9 Å². The van der Waals surface area contributed by atoms with E-state index in [0.29, 0.717) is 18.3 Å². The number of oxime groups is 1. The lowest BCUT2D eigenvalue weighted by molar-refractivity contribution is -0.124. The monoisotopic (exact) mass is 239 g/mol. The molecule has 1 amide bonds. The molecule has 0 spiro atoms. The highest BCUT2D eigenvalue weighted by molar-refractivity contribution is 6.09. The van der Waals surface area contributed by atoms with E-state index >= 15 is 0 Å². The quantitative estimate of drug-likeness (QED) is 0.299. The number of nitrogens with zero attached hydrogens (tertiary/aromatic N) is 1. The summed E-state index contributed by atoms with van der Waals surface area (Å²) >= 11 is 0. The lowest BCUT2D eigenvalue weighted by Crippen LogP contribution is -2.44. The van der Waals surface area contributed by atoms with Gasteiger partial charge in [0.1, 0.15) is 5.41 Å². The van der Waals surface area contributed by atoms with Crippen LogP contribution < -0.4 is 11.1 Å². The van der Waals surface area contributed by atoms with Gasteiger partial charge >= 0.3 is 0 Å². The van der Waals surface area contributed by atoms with Crippen molar-refractivity contribution in [2.45, 2.75) is 52.0 Å². The summed E-state index contributed by atoms with van der Waals surface area (Å²) in [7, 11) is 0. The summed E-state index contributed by atoms with van der Waals surface area (Å²) in [6, 6.07) is 0.237. The Hall–Kier alpha value is -1.26. The maximum Gasteiger partial charge on any atom is 0.234 e. The molecule has 1 unspecified atom stereocenters. The van der Waals surface area contributed by atoms with Gasteiger partial charge in [0, 0.05) is 6.04 Å². The Kier molecular flexibility index (Phi) is 2.79. The van der Waals surface area contributed by atoms with Gasteiger partial charge in [0.15, 0.2) is 5.84 Å². The molecule has 5 nitrogen and oxygen atoms in total. The molecule has 5 heteroatoms. The van der Waals surface area contributed by atoms with Crippen molar-refractivity contribution in [2.75, 3.05) is 0 Å². The number of nitrogens with one attached hydrogen (secondary N) is 1. The molecule has 0 aliphatic heterocycles. The molecule has 17 heavy (non-hydrogen) atoms. The van der Waals surface area contributed by atoms with Gasteiger partial charge in [-0.1, -0.05) is 19.0 Å². The second-order valence-corrected chi connectivity index (χ2v) is 6.14. The van der Waals surface area contributed by atoms with E-state index in [-0.39, 0.29) is 17.8 Å². The zero-order valence-corrected chi connectivity index (χ0v) is 10.5. The van der Waals surface area contributed by atoms with Gasteiger partial charge in [-0.15, -0.1) is 0 Å². The van der Waals surface area contributed by atoms with E-state index < -0.39 is 5.41 Å². The van der Waals surface area contributed by atoms with E-state index in [9.17, 15) is 4.79 Å². The Morgan fingerprint density at radius 2 is 2.06 bits per heavy atom. The highest BCUT2D eigenvalue weighted by atomic mass is 16.4. The maximum atomic E-state index is 12.1. The predicted octanol–water partition coefficient (Wildman–Crippen LogP) is 1.21. The molecular formula is C12H21N3O2. The normalized spacial score (nSPS) is 30.0. The molecule has 0 aromatic rings. The zero-order valence-electron chi connectivity index (χ0n) is 10.5. The van der Waals surface area contributed by atoms with Crippen LogP contribution in [0.15, 0.2) is 5.16 Å². The van der Waals surface area contributed by atoms with Gasteiger partial charge < -0.3 is 16.3 Å². The third kappa shape index (κ3) is 2.23. The van der Waals surface area contributed by atoms with Crippen LogP contribution in [0.1, 0.15) is 46.0 Å². The minimum absolute atomic E-state index is 0.0484. The molecule has 4 N–H and O–H groups in total. The summed E-state index contributed by atoms with van der Waals surface area (Å²) in [4.78, 5) is 12.1. The standard InChI is InChI=1S/C12H21N3O2/c1-11(2)4-3-8(7-11)14-10(16)12(5-6-12)9(13)15-17/h8,17H,3-7H2,1-2H3,(H2,13,15)(H,14,16). The molecule has 2 saturated carbocycles. The van der Waals surface area contributed by atoms with Crippen LogP contribution in [0.5, 0.6) is 0 Å². The summed E-state index contributed by atoms with van der Waals surface area (Å²) in [5, 5.41) is 14.7. The summed E-state index contributed by atoms with van der Waals surface area (Å²) in [6.07, 6.45) is 4.53. The molecule has 0 radical (unpaired) electrons. The van der Waals surface area contributed by atoms with E-state index in [0.717, 1.165) is 19.3 Å². The number of amidine groups is 1. The van der Waals surface area contributed by atoms with Gasteiger partial charge in [-0.3, -0.25) is 4.79 Å². The molecule has 2 rings (SSSR count). The molecule has 0 bridgehead atoms. The van der Waals surface area contributed by atoms with Crippen molar-refractivity contribution in [1.82, 2.24) is 5.32 Å². The Morgan fingerprint density at radius 1 is 1.41 bits per heavy atom. The first-order chi connectivity index (χ1) is 7.89. The van der Waals surface area contributed by atoms with Crippen molar-refractivity contribution in [3.05, 3.63) is 0 Å². The Bertz CT molecular complexity index is 359. The minimum atomic E-state index is -0.721. The first-order valence-electron chi connectivity index (χ1n) is 6.19. The Morgan fingerprint density at radius 3 is 2.47 bits per heavy atom. The molecule has 2 fully saturated rings. The molecule has 2 aliphatic rings.